The minimum atomic E-state index is -0.406. The molecule has 0 saturated heterocycles. The molecule has 1 N–H and O–H groups in total. The lowest BCUT2D eigenvalue weighted by atomic mass is 9.77. The van der Waals surface area contributed by atoms with Crippen molar-refractivity contribution in [3.63, 3.8) is 0 Å². The Morgan fingerprint density at radius 3 is 1.85 bits per heavy atom. The molecule has 4 aromatic rings. The van der Waals surface area contributed by atoms with Crippen LogP contribution in [0.2, 0.25) is 0 Å². The average Bonchev–Trinajstić information content (AvgIpc) is 2.74. The molecule has 0 amide bonds. The number of aryl methyl sites for hydroxylation is 1. The van der Waals surface area contributed by atoms with Crippen molar-refractivity contribution in [3.05, 3.63) is 96.1 Å². The van der Waals surface area contributed by atoms with Crippen LogP contribution in [0.4, 0.5) is 0 Å². The van der Waals surface area contributed by atoms with Gasteiger partial charge in [-0.3, -0.25) is 0 Å². The number of fused-ring (bicyclic) bond motifs is 3. The van der Waals surface area contributed by atoms with Gasteiger partial charge in [0, 0.05) is 0 Å². The van der Waals surface area contributed by atoms with E-state index in [0.717, 1.165) is 24.8 Å². The lowest BCUT2D eigenvalue weighted by molar-refractivity contribution is 0.157. The van der Waals surface area contributed by atoms with Crippen molar-refractivity contribution >= 4 is 10.8 Å². The van der Waals surface area contributed by atoms with Gasteiger partial charge in [-0.05, 0) is 63.4 Å². The quantitative estimate of drug-likeness (QED) is 0.435. The predicted octanol–water partition coefficient (Wildman–Crippen LogP) is 6.54. The molecule has 0 fully saturated rings. The molecule has 0 aliphatic heterocycles. The van der Waals surface area contributed by atoms with Crippen LogP contribution in [-0.4, -0.2) is 5.11 Å². The summed E-state index contributed by atoms with van der Waals surface area (Å²) in [4.78, 5) is 0. The summed E-state index contributed by atoms with van der Waals surface area (Å²) in [6, 6.07) is 29.8. The van der Waals surface area contributed by atoms with Crippen LogP contribution >= 0.6 is 0 Å². The molecule has 0 spiro atoms. The molecule has 27 heavy (non-hydrogen) atoms. The molecular formula is C26H22O. The van der Waals surface area contributed by atoms with Crippen LogP contribution in [0.5, 0.6) is 0 Å². The van der Waals surface area contributed by atoms with E-state index in [9.17, 15) is 5.11 Å². The molecule has 1 heteroatoms. The highest BCUT2D eigenvalue weighted by Gasteiger charge is 2.27. The maximum atomic E-state index is 11.0. The Hall–Kier alpha value is -2.90. The SMILES string of the molecule is OC1CCCc2c1c(-c1ccccc1)c(-c1ccccc1)c1ccccc21. The summed E-state index contributed by atoms with van der Waals surface area (Å²) in [5.41, 5.74) is 7.26. The van der Waals surface area contributed by atoms with Crippen LogP contribution in [0, 0.1) is 0 Å². The Bertz CT molecular complexity index is 1100. The maximum absolute atomic E-state index is 11.0. The molecule has 0 heterocycles. The van der Waals surface area contributed by atoms with E-state index in [-0.39, 0.29) is 0 Å². The Morgan fingerprint density at radius 2 is 1.19 bits per heavy atom. The third-order valence-electron chi connectivity index (χ3n) is 5.73. The van der Waals surface area contributed by atoms with Crippen LogP contribution in [0.3, 0.4) is 0 Å². The van der Waals surface area contributed by atoms with E-state index in [2.05, 4.69) is 84.9 Å². The number of rotatable bonds is 2. The molecular weight excluding hydrogens is 328 g/mol. The largest absolute Gasteiger partial charge is 0.388 e. The van der Waals surface area contributed by atoms with Crippen molar-refractivity contribution in [2.75, 3.05) is 0 Å². The van der Waals surface area contributed by atoms with Gasteiger partial charge < -0.3 is 5.11 Å². The minimum absolute atomic E-state index is 0.406. The Labute approximate surface area is 159 Å². The molecule has 1 atom stereocenters. The fraction of sp³-hybridized carbons (Fsp3) is 0.154. The summed E-state index contributed by atoms with van der Waals surface area (Å²) >= 11 is 0. The van der Waals surface area contributed by atoms with E-state index in [1.807, 2.05) is 0 Å². The van der Waals surface area contributed by atoms with Crippen LogP contribution in [0.1, 0.15) is 30.1 Å². The normalized spacial score (nSPS) is 16.3. The summed E-state index contributed by atoms with van der Waals surface area (Å²) in [6.45, 7) is 0. The van der Waals surface area contributed by atoms with Crippen LogP contribution in [0.15, 0.2) is 84.9 Å². The van der Waals surface area contributed by atoms with Crippen molar-refractivity contribution in [1.82, 2.24) is 0 Å². The summed E-state index contributed by atoms with van der Waals surface area (Å²) in [7, 11) is 0. The van der Waals surface area contributed by atoms with E-state index in [4.69, 9.17) is 0 Å². The molecule has 0 aromatic heterocycles. The second kappa shape index (κ2) is 6.68. The Kier molecular flexibility index (Phi) is 4.03. The fourth-order valence-electron chi connectivity index (χ4n) is 4.59. The average molecular weight is 350 g/mol. The number of hydrogen-bond donors (Lipinski definition) is 1. The minimum Gasteiger partial charge on any atom is -0.388 e. The smallest absolute Gasteiger partial charge is 0.0799 e. The van der Waals surface area contributed by atoms with Crippen molar-refractivity contribution in [2.24, 2.45) is 0 Å². The number of aliphatic hydroxyl groups is 1. The van der Waals surface area contributed by atoms with E-state index in [0.29, 0.717) is 0 Å². The number of aliphatic hydroxyl groups excluding tert-OH is 1. The second-order valence-corrected chi connectivity index (χ2v) is 7.33. The molecule has 1 unspecified atom stereocenters. The molecule has 1 nitrogen and oxygen atoms in total. The van der Waals surface area contributed by atoms with E-state index in [1.54, 1.807) is 0 Å². The summed E-state index contributed by atoms with van der Waals surface area (Å²) < 4.78 is 0. The molecule has 1 aliphatic rings. The topological polar surface area (TPSA) is 20.2 Å². The first-order valence-electron chi connectivity index (χ1n) is 9.71. The lowest BCUT2D eigenvalue weighted by Crippen LogP contribution is -2.12. The molecule has 0 bridgehead atoms. The van der Waals surface area contributed by atoms with Gasteiger partial charge >= 0.3 is 0 Å². The van der Waals surface area contributed by atoms with Crippen LogP contribution in [-0.2, 0) is 6.42 Å². The Balaban J connectivity index is 2.00. The van der Waals surface area contributed by atoms with Gasteiger partial charge in [0.25, 0.3) is 0 Å². The van der Waals surface area contributed by atoms with Gasteiger partial charge in [-0.1, -0.05) is 84.9 Å². The molecule has 0 saturated carbocycles. The fourth-order valence-corrected chi connectivity index (χ4v) is 4.59. The zero-order valence-electron chi connectivity index (χ0n) is 15.2. The van der Waals surface area contributed by atoms with E-state index in [1.165, 1.54) is 38.6 Å². The highest BCUT2D eigenvalue weighted by atomic mass is 16.3. The molecule has 1 aliphatic carbocycles. The van der Waals surface area contributed by atoms with Crippen molar-refractivity contribution < 1.29 is 5.11 Å². The molecule has 4 aromatic carbocycles. The summed E-state index contributed by atoms with van der Waals surface area (Å²) in [6.07, 6.45) is 2.49. The van der Waals surface area contributed by atoms with E-state index >= 15 is 0 Å². The van der Waals surface area contributed by atoms with Crippen molar-refractivity contribution in [2.45, 2.75) is 25.4 Å². The highest BCUT2D eigenvalue weighted by molar-refractivity contribution is 6.07. The van der Waals surface area contributed by atoms with Crippen LogP contribution in [0.25, 0.3) is 33.0 Å². The first kappa shape index (κ1) is 16.3. The molecule has 132 valence electrons. The standard InChI is InChI=1S/C26H22O/c27-23-17-9-16-22-20-14-7-8-15-21(20)24(18-10-3-1-4-11-18)25(26(22)23)19-12-5-2-6-13-19/h1-8,10-15,23,27H,9,16-17H2. The monoisotopic (exact) mass is 350 g/mol. The Morgan fingerprint density at radius 1 is 0.630 bits per heavy atom. The van der Waals surface area contributed by atoms with Gasteiger partial charge in [0.05, 0.1) is 6.10 Å². The van der Waals surface area contributed by atoms with Gasteiger partial charge in [-0.25, -0.2) is 0 Å². The summed E-state index contributed by atoms with van der Waals surface area (Å²) in [5.74, 6) is 0. The second-order valence-electron chi connectivity index (χ2n) is 7.33. The van der Waals surface area contributed by atoms with Gasteiger partial charge in [-0.15, -0.1) is 0 Å². The van der Waals surface area contributed by atoms with Gasteiger partial charge in [0.15, 0.2) is 0 Å². The third kappa shape index (κ3) is 2.67. The number of benzene rings is 4. The predicted molar refractivity (Wildman–Crippen MR) is 113 cm³/mol. The maximum Gasteiger partial charge on any atom is 0.0799 e. The zero-order chi connectivity index (χ0) is 18.2. The lowest BCUT2D eigenvalue weighted by Gasteiger charge is -2.29. The summed E-state index contributed by atoms with van der Waals surface area (Å²) in [5, 5.41) is 13.6. The van der Waals surface area contributed by atoms with Gasteiger partial charge in [0.1, 0.15) is 0 Å². The zero-order valence-corrected chi connectivity index (χ0v) is 15.2. The van der Waals surface area contributed by atoms with Gasteiger partial charge in [0.2, 0.25) is 0 Å². The van der Waals surface area contributed by atoms with Crippen molar-refractivity contribution in [1.29, 1.82) is 0 Å². The van der Waals surface area contributed by atoms with Crippen LogP contribution < -0.4 is 0 Å². The van der Waals surface area contributed by atoms with Crippen molar-refractivity contribution in [3.8, 4) is 22.3 Å². The molecule has 5 rings (SSSR count). The number of hydrogen-bond acceptors (Lipinski definition) is 1. The first-order chi connectivity index (χ1) is 13.3. The highest BCUT2D eigenvalue weighted by Crippen LogP contribution is 2.47. The van der Waals surface area contributed by atoms with Gasteiger partial charge in [-0.2, -0.15) is 0 Å². The van der Waals surface area contributed by atoms with E-state index < -0.39 is 6.10 Å². The third-order valence-corrected chi connectivity index (χ3v) is 5.73. The molecule has 0 radical (unpaired) electrons. The first-order valence-corrected chi connectivity index (χ1v) is 9.71.